The largest absolute Gasteiger partial charge is 0.487 e. The number of amides is 1. The second kappa shape index (κ2) is 9.08. The van der Waals surface area contributed by atoms with E-state index in [0.717, 1.165) is 5.01 Å². The number of para-hydroxylation sites is 1. The van der Waals surface area contributed by atoms with Crippen LogP contribution in [0, 0.1) is 0 Å². The zero-order valence-electron chi connectivity index (χ0n) is 12.8. The Hall–Kier alpha value is -1.34. The predicted octanol–water partition coefficient (Wildman–Crippen LogP) is 3.76. The van der Waals surface area contributed by atoms with E-state index in [2.05, 4.69) is 10.3 Å². The van der Waals surface area contributed by atoms with Gasteiger partial charge < -0.3 is 15.8 Å². The molecule has 1 aromatic heterocycles. The van der Waals surface area contributed by atoms with Crippen molar-refractivity contribution in [2.24, 2.45) is 5.73 Å². The highest BCUT2D eigenvalue weighted by Gasteiger charge is 2.16. The molecule has 2 aromatic rings. The molecule has 5 nitrogen and oxygen atoms in total. The molecule has 0 saturated carbocycles. The lowest BCUT2D eigenvalue weighted by molar-refractivity contribution is 0.102. The number of anilines is 1. The van der Waals surface area contributed by atoms with Gasteiger partial charge in [0.1, 0.15) is 5.69 Å². The molecule has 23 heavy (non-hydrogen) atoms. The summed E-state index contributed by atoms with van der Waals surface area (Å²) in [6.07, 6.45) is 0.613. The topological polar surface area (TPSA) is 77.2 Å². The van der Waals surface area contributed by atoms with Crippen LogP contribution < -0.4 is 15.8 Å². The van der Waals surface area contributed by atoms with Gasteiger partial charge in [-0.15, -0.1) is 23.7 Å². The van der Waals surface area contributed by atoms with Crippen LogP contribution in [0.5, 0.6) is 5.75 Å². The Morgan fingerprint density at radius 1 is 1.48 bits per heavy atom. The fourth-order valence-electron chi connectivity index (χ4n) is 1.80. The predicted molar refractivity (Wildman–Crippen MR) is 97.3 cm³/mol. The number of hydrogen-bond acceptors (Lipinski definition) is 5. The molecular formula is C15H19Cl2N3O2S. The van der Waals surface area contributed by atoms with Gasteiger partial charge in [0, 0.05) is 11.8 Å². The minimum absolute atomic E-state index is 0. The van der Waals surface area contributed by atoms with Gasteiger partial charge in [0.2, 0.25) is 0 Å². The Morgan fingerprint density at radius 3 is 2.87 bits per heavy atom. The Kier molecular flexibility index (Phi) is 7.78. The fraction of sp³-hybridized carbons (Fsp3) is 0.333. The molecule has 0 aliphatic rings. The van der Waals surface area contributed by atoms with Gasteiger partial charge in [-0.25, -0.2) is 4.98 Å². The van der Waals surface area contributed by atoms with Crippen LogP contribution in [0.15, 0.2) is 23.6 Å². The standard InChI is InChI=1S/C15H18ClN3O2S.ClH/c1-9(2)21-14-10(16)4-3-5-11(14)19-15(20)12-8-22-13(18-12)6-7-17;/h3-5,8-9H,6-7,17H2,1-2H3,(H,19,20);1H. The molecule has 3 N–H and O–H groups in total. The molecule has 0 saturated heterocycles. The van der Waals surface area contributed by atoms with Crippen molar-refractivity contribution in [1.29, 1.82) is 0 Å². The summed E-state index contributed by atoms with van der Waals surface area (Å²) < 4.78 is 5.68. The van der Waals surface area contributed by atoms with E-state index in [1.165, 1.54) is 11.3 Å². The van der Waals surface area contributed by atoms with Crippen molar-refractivity contribution >= 4 is 46.9 Å². The molecule has 8 heteroatoms. The minimum atomic E-state index is -0.296. The first-order valence-corrected chi connectivity index (χ1v) is 8.18. The van der Waals surface area contributed by atoms with Gasteiger partial charge in [-0.05, 0) is 32.5 Å². The summed E-state index contributed by atoms with van der Waals surface area (Å²) in [7, 11) is 0. The van der Waals surface area contributed by atoms with E-state index in [4.69, 9.17) is 22.1 Å². The van der Waals surface area contributed by atoms with Crippen LogP contribution in [0.25, 0.3) is 0 Å². The van der Waals surface area contributed by atoms with E-state index in [9.17, 15) is 4.79 Å². The SMILES string of the molecule is CC(C)Oc1c(Cl)cccc1NC(=O)c1csc(CCN)n1.Cl. The summed E-state index contributed by atoms with van der Waals surface area (Å²) in [5, 5.41) is 5.81. The Bertz CT molecular complexity index is 662. The number of halogens is 2. The number of nitrogens with two attached hydrogens (primary N) is 1. The average molecular weight is 376 g/mol. The molecule has 1 amide bonds. The van der Waals surface area contributed by atoms with E-state index >= 15 is 0 Å². The van der Waals surface area contributed by atoms with E-state index in [0.29, 0.717) is 35.1 Å². The van der Waals surface area contributed by atoms with Crippen molar-refractivity contribution in [3.05, 3.63) is 39.3 Å². The molecule has 0 aliphatic carbocycles. The maximum Gasteiger partial charge on any atom is 0.275 e. The Labute approximate surface area is 150 Å². The van der Waals surface area contributed by atoms with Gasteiger partial charge in [0.15, 0.2) is 5.75 Å². The van der Waals surface area contributed by atoms with Gasteiger partial charge in [0.05, 0.1) is 21.8 Å². The van der Waals surface area contributed by atoms with Gasteiger partial charge >= 0.3 is 0 Å². The van der Waals surface area contributed by atoms with Crippen LogP contribution in [0.3, 0.4) is 0 Å². The maximum atomic E-state index is 12.3. The number of nitrogens with zero attached hydrogens (tertiary/aromatic N) is 1. The van der Waals surface area contributed by atoms with Crippen molar-refractivity contribution in [3.63, 3.8) is 0 Å². The van der Waals surface area contributed by atoms with Gasteiger partial charge in [-0.1, -0.05) is 17.7 Å². The summed E-state index contributed by atoms with van der Waals surface area (Å²) in [5.74, 6) is 0.167. The first kappa shape index (κ1) is 19.7. The summed E-state index contributed by atoms with van der Waals surface area (Å²) in [6.45, 7) is 4.30. The number of ether oxygens (including phenoxy) is 1. The number of rotatable bonds is 6. The third-order valence-corrected chi connectivity index (χ3v) is 3.92. The molecule has 2 rings (SSSR count). The molecular weight excluding hydrogens is 357 g/mol. The zero-order valence-corrected chi connectivity index (χ0v) is 15.2. The summed E-state index contributed by atoms with van der Waals surface area (Å²) >= 11 is 7.57. The average Bonchev–Trinajstić information content (AvgIpc) is 2.91. The number of thiazole rings is 1. The molecule has 1 aromatic carbocycles. The Morgan fingerprint density at radius 2 is 2.22 bits per heavy atom. The number of hydrogen-bond donors (Lipinski definition) is 2. The molecule has 0 radical (unpaired) electrons. The van der Waals surface area contributed by atoms with Crippen molar-refractivity contribution in [2.45, 2.75) is 26.4 Å². The van der Waals surface area contributed by atoms with Crippen LogP contribution in [0.1, 0.15) is 29.3 Å². The molecule has 0 bridgehead atoms. The normalized spacial score (nSPS) is 10.3. The first-order valence-electron chi connectivity index (χ1n) is 6.92. The van der Waals surface area contributed by atoms with Crippen LogP contribution in [0.2, 0.25) is 5.02 Å². The molecule has 0 unspecified atom stereocenters. The second-order valence-corrected chi connectivity index (χ2v) is 6.25. The third-order valence-electron chi connectivity index (χ3n) is 2.71. The lowest BCUT2D eigenvalue weighted by atomic mass is 10.2. The summed E-state index contributed by atoms with van der Waals surface area (Å²) in [6, 6.07) is 5.22. The summed E-state index contributed by atoms with van der Waals surface area (Å²) in [5.41, 5.74) is 6.38. The van der Waals surface area contributed by atoms with E-state index < -0.39 is 0 Å². The van der Waals surface area contributed by atoms with E-state index in [1.54, 1.807) is 23.6 Å². The second-order valence-electron chi connectivity index (χ2n) is 4.90. The molecule has 0 fully saturated rings. The molecule has 0 spiro atoms. The molecule has 126 valence electrons. The maximum absolute atomic E-state index is 12.3. The van der Waals surface area contributed by atoms with Crippen molar-refractivity contribution in [1.82, 2.24) is 4.98 Å². The van der Waals surface area contributed by atoms with Crippen molar-refractivity contribution in [3.8, 4) is 5.75 Å². The van der Waals surface area contributed by atoms with E-state index in [-0.39, 0.29) is 24.4 Å². The Balaban J connectivity index is 0.00000264. The van der Waals surface area contributed by atoms with Gasteiger partial charge in [-0.2, -0.15) is 0 Å². The van der Waals surface area contributed by atoms with Crippen LogP contribution in [-0.2, 0) is 6.42 Å². The zero-order chi connectivity index (χ0) is 16.1. The van der Waals surface area contributed by atoms with E-state index in [1.807, 2.05) is 13.8 Å². The number of nitrogens with one attached hydrogen (secondary N) is 1. The lowest BCUT2D eigenvalue weighted by Gasteiger charge is -2.15. The van der Waals surface area contributed by atoms with Crippen LogP contribution >= 0.6 is 35.3 Å². The highest BCUT2D eigenvalue weighted by molar-refractivity contribution is 7.09. The smallest absolute Gasteiger partial charge is 0.275 e. The molecule has 0 atom stereocenters. The van der Waals surface area contributed by atoms with Gasteiger partial charge in [-0.3, -0.25) is 4.79 Å². The number of carbonyl (C=O) groups is 1. The van der Waals surface area contributed by atoms with Crippen molar-refractivity contribution in [2.75, 3.05) is 11.9 Å². The highest BCUT2D eigenvalue weighted by Crippen LogP contribution is 2.34. The quantitative estimate of drug-likeness (QED) is 0.805. The number of benzene rings is 1. The lowest BCUT2D eigenvalue weighted by Crippen LogP contribution is -2.15. The summed E-state index contributed by atoms with van der Waals surface area (Å²) in [4.78, 5) is 16.5. The highest BCUT2D eigenvalue weighted by atomic mass is 35.5. The molecule has 0 aliphatic heterocycles. The van der Waals surface area contributed by atoms with Crippen LogP contribution in [0.4, 0.5) is 5.69 Å². The minimum Gasteiger partial charge on any atom is -0.487 e. The van der Waals surface area contributed by atoms with Crippen molar-refractivity contribution < 1.29 is 9.53 Å². The first-order chi connectivity index (χ1) is 10.5. The number of aromatic nitrogens is 1. The fourth-order valence-corrected chi connectivity index (χ4v) is 2.82. The monoisotopic (exact) mass is 375 g/mol. The molecule has 1 heterocycles. The third kappa shape index (κ3) is 5.35. The number of carbonyl (C=O) groups excluding carboxylic acids is 1. The van der Waals surface area contributed by atoms with Gasteiger partial charge in [0.25, 0.3) is 5.91 Å². The van der Waals surface area contributed by atoms with Crippen LogP contribution in [-0.4, -0.2) is 23.5 Å².